The summed E-state index contributed by atoms with van der Waals surface area (Å²) >= 11 is 4.97. The minimum atomic E-state index is -0.238. The summed E-state index contributed by atoms with van der Waals surface area (Å²) in [6.07, 6.45) is 0. The molecule has 0 atom stereocenters. The van der Waals surface area contributed by atoms with E-state index in [1.54, 1.807) is 17.4 Å². The second-order valence-corrected chi connectivity index (χ2v) is 4.85. The smallest absolute Gasteiger partial charge is 0.124 e. The molecule has 0 N–H and O–H groups in total. The summed E-state index contributed by atoms with van der Waals surface area (Å²) < 4.78 is 18.6. The lowest BCUT2D eigenvalue weighted by Crippen LogP contribution is -1.96. The maximum absolute atomic E-state index is 13.0. The highest BCUT2D eigenvalue weighted by Gasteiger charge is 2.04. The second kappa shape index (κ2) is 5.46. The largest absolute Gasteiger partial charge is 0.488 e. The third-order valence-corrected chi connectivity index (χ3v) is 3.57. The van der Waals surface area contributed by atoms with Gasteiger partial charge in [0, 0.05) is 15.8 Å². The Labute approximate surface area is 106 Å². The van der Waals surface area contributed by atoms with Crippen LogP contribution in [0.2, 0.25) is 0 Å². The first-order valence-corrected chi connectivity index (χ1v) is 6.79. The van der Waals surface area contributed by atoms with Crippen LogP contribution in [0.3, 0.4) is 0 Å². The van der Waals surface area contributed by atoms with Gasteiger partial charge < -0.3 is 4.74 Å². The van der Waals surface area contributed by atoms with E-state index >= 15 is 0 Å². The van der Waals surface area contributed by atoms with Crippen molar-refractivity contribution in [2.24, 2.45) is 0 Å². The lowest BCUT2D eigenvalue weighted by Gasteiger charge is -2.08. The summed E-state index contributed by atoms with van der Waals surface area (Å²) in [7, 11) is 0. The van der Waals surface area contributed by atoms with E-state index in [2.05, 4.69) is 15.9 Å². The molecule has 0 amide bonds. The quantitative estimate of drug-likeness (QED) is 0.762. The Morgan fingerprint density at radius 1 is 1.31 bits per heavy atom. The summed E-state index contributed by atoms with van der Waals surface area (Å²) in [5, 5.41) is 2.60. The molecule has 0 aliphatic heterocycles. The predicted molar refractivity (Wildman–Crippen MR) is 67.7 cm³/mol. The summed E-state index contributed by atoms with van der Waals surface area (Å²) in [6, 6.07) is 8.56. The van der Waals surface area contributed by atoms with E-state index in [9.17, 15) is 4.39 Å². The molecule has 0 saturated heterocycles. The van der Waals surface area contributed by atoms with Gasteiger partial charge in [-0.3, -0.25) is 0 Å². The standard InChI is InChI=1S/C12H10BrFOS/c13-7-9-6-10(14)3-4-12(9)15-8-11-2-1-5-16-11/h1-6H,7-8H2. The molecule has 0 aliphatic carbocycles. The fourth-order valence-electron chi connectivity index (χ4n) is 1.34. The minimum absolute atomic E-state index is 0.238. The highest BCUT2D eigenvalue weighted by molar-refractivity contribution is 9.08. The Morgan fingerprint density at radius 2 is 2.19 bits per heavy atom. The number of alkyl halides is 1. The van der Waals surface area contributed by atoms with Crippen molar-refractivity contribution in [3.05, 3.63) is 52.0 Å². The van der Waals surface area contributed by atoms with Crippen molar-refractivity contribution in [1.29, 1.82) is 0 Å². The molecule has 2 rings (SSSR count). The predicted octanol–water partition coefficient (Wildman–Crippen LogP) is 4.36. The van der Waals surface area contributed by atoms with Crippen LogP contribution >= 0.6 is 27.3 Å². The van der Waals surface area contributed by atoms with E-state index in [4.69, 9.17) is 4.74 Å². The number of benzene rings is 1. The molecular weight excluding hydrogens is 291 g/mol. The van der Waals surface area contributed by atoms with Crippen molar-refractivity contribution in [2.45, 2.75) is 11.9 Å². The van der Waals surface area contributed by atoms with Crippen LogP contribution in [0.5, 0.6) is 5.75 Å². The van der Waals surface area contributed by atoms with E-state index in [1.165, 1.54) is 12.1 Å². The zero-order valence-corrected chi connectivity index (χ0v) is 10.9. The molecule has 0 unspecified atom stereocenters. The van der Waals surface area contributed by atoms with Gasteiger partial charge in [0.1, 0.15) is 18.2 Å². The third kappa shape index (κ3) is 2.83. The molecule has 1 nitrogen and oxygen atoms in total. The molecule has 1 heterocycles. The number of ether oxygens (including phenoxy) is 1. The maximum atomic E-state index is 13.0. The first-order chi connectivity index (χ1) is 7.79. The molecule has 16 heavy (non-hydrogen) atoms. The van der Waals surface area contributed by atoms with Gasteiger partial charge in [0.2, 0.25) is 0 Å². The average molecular weight is 301 g/mol. The maximum Gasteiger partial charge on any atom is 0.124 e. The van der Waals surface area contributed by atoms with Gasteiger partial charge in [-0.25, -0.2) is 4.39 Å². The molecule has 0 fully saturated rings. The lowest BCUT2D eigenvalue weighted by atomic mass is 10.2. The fourth-order valence-corrected chi connectivity index (χ4v) is 2.39. The third-order valence-electron chi connectivity index (χ3n) is 2.12. The highest BCUT2D eigenvalue weighted by Crippen LogP contribution is 2.23. The van der Waals surface area contributed by atoms with E-state index in [0.29, 0.717) is 11.9 Å². The first-order valence-electron chi connectivity index (χ1n) is 4.79. The fraction of sp³-hybridized carbons (Fsp3) is 0.167. The van der Waals surface area contributed by atoms with Crippen molar-refractivity contribution < 1.29 is 9.13 Å². The van der Waals surface area contributed by atoms with Crippen LogP contribution in [0.4, 0.5) is 4.39 Å². The number of halogens is 2. The number of rotatable bonds is 4. The molecule has 0 aliphatic rings. The molecule has 0 radical (unpaired) electrons. The molecule has 0 saturated carbocycles. The normalized spacial score (nSPS) is 10.4. The topological polar surface area (TPSA) is 9.23 Å². The Balaban J connectivity index is 2.09. The second-order valence-electron chi connectivity index (χ2n) is 3.25. The van der Waals surface area contributed by atoms with Crippen LogP contribution in [0.25, 0.3) is 0 Å². The zero-order valence-electron chi connectivity index (χ0n) is 8.45. The summed E-state index contributed by atoms with van der Waals surface area (Å²) in [6.45, 7) is 0.531. The van der Waals surface area contributed by atoms with Crippen molar-refractivity contribution in [2.75, 3.05) is 0 Å². The van der Waals surface area contributed by atoms with E-state index in [1.807, 2.05) is 17.5 Å². The van der Waals surface area contributed by atoms with E-state index < -0.39 is 0 Å². The Kier molecular flexibility index (Phi) is 3.96. The van der Waals surface area contributed by atoms with Gasteiger partial charge in [-0.05, 0) is 29.6 Å². The molecule has 84 valence electrons. The van der Waals surface area contributed by atoms with Gasteiger partial charge in [-0.1, -0.05) is 22.0 Å². The van der Waals surface area contributed by atoms with Crippen LogP contribution in [-0.2, 0) is 11.9 Å². The molecule has 0 spiro atoms. The zero-order chi connectivity index (χ0) is 11.4. The SMILES string of the molecule is Fc1ccc(OCc2cccs2)c(CBr)c1. The van der Waals surface area contributed by atoms with Crippen LogP contribution in [0.15, 0.2) is 35.7 Å². The van der Waals surface area contributed by atoms with Gasteiger partial charge >= 0.3 is 0 Å². The van der Waals surface area contributed by atoms with Crippen LogP contribution in [-0.4, -0.2) is 0 Å². The summed E-state index contributed by atoms with van der Waals surface area (Å²) in [5.74, 6) is 0.490. The van der Waals surface area contributed by atoms with Gasteiger partial charge in [0.15, 0.2) is 0 Å². The van der Waals surface area contributed by atoms with Crippen LogP contribution in [0, 0.1) is 5.82 Å². The summed E-state index contributed by atoms with van der Waals surface area (Å²) in [5.41, 5.74) is 0.830. The van der Waals surface area contributed by atoms with E-state index in [-0.39, 0.29) is 5.82 Å². The van der Waals surface area contributed by atoms with Crippen molar-refractivity contribution in [3.63, 3.8) is 0 Å². The molecule has 1 aromatic heterocycles. The van der Waals surface area contributed by atoms with Crippen molar-refractivity contribution in [3.8, 4) is 5.75 Å². The molecule has 0 bridgehead atoms. The lowest BCUT2D eigenvalue weighted by molar-refractivity contribution is 0.307. The van der Waals surface area contributed by atoms with Crippen molar-refractivity contribution >= 4 is 27.3 Å². The number of hydrogen-bond donors (Lipinski definition) is 0. The Morgan fingerprint density at radius 3 is 2.88 bits per heavy atom. The van der Waals surface area contributed by atoms with Gasteiger partial charge in [-0.2, -0.15) is 0 Å². The number of thiophene rings is 1. The average Bonchev–Trinajstić information content (AvgIpc) is 2.80. The molecule has 1 aromatic carbocycles. The van der Waals surface area contributed by atoms with Gasteiger partial charge in [0.05, 0.1) is 0 Å². The van der Waals surface area contributed by atoms with Crippen molar-refractivity contribution in [1.82, 2.24) is 0 Å². The molecule has 2 aromatic rings. The Bertz CT molecular complexity index is 456. The van der Waals surface area contributed by atoms with E-state index in [0.717, 1.165) is 16.2 Å². The van der Waals surface area contributed by atoms with Crippen LogP contribution < -0.4 is 4.74 Å². The minimum Gasteiger partial charge on any atom is -0.488 e. The highest BCUT2D eigenvalue weighted by atomic mass is 79.9. The molecule has 4 heteroatoms. The first kappa shape index (κ1) is 11.6. The Hall–Kier alpha value is -0.870. The molecular formula is C12H10BrFOS. The van der Waals surface area contributed by atoms with Crippen LogP contribution in [0.1, 0.15) is 10.4 Å². The van der Waals surface area contributed by atoms with Gasteiger partial charge in [-0.15, -0.1) is 11.3 Å². The van der Waals surface area contributed by atoms with Gasteiger partial charge in [0.25, 0.3) is 0 Å². The summed E-state index contributed by atoms with van der Waals surface area (Å²) in [4.78, 5) is 1.16. The monoisotopic (exact) mass is 300 g/mol. The number of hydrogen-bond acceptors (Lipinski definition) is 2.